The molecule has 0 aliphatic rings. The minimum atomic E-state index is -0.0384. The van der Waals surface area contributed by atoms with Gasteiger partial charge in [0, 0.05) is 30.8 Å². The van der Waals surface area contributed by atoms with Crippen LogP contribution in [0.4, 0.5) is 0 Å². The molecule has 0 saturated carbocycles. The summed E-state index contributed by atoms with van der Waals surface area (Å²) in [4.78, 5) is 27.4. The van der Waals surface area contributed by atoms with Crippen LogP contribution in [0.5, 0.6) is 0 Å². The van der Waals surface area contributed by atoms with E-state index in [-0.39, 0.29) is 5.69 Å². The zero-order valence-electron chi connectivity index (χ0n) is 29.7. The first-order chi connectivity index (χ1) is 26.5. The van der Waals surface area contributed by atoms with Gasteiger partial charge in [0.1, 0.15) is 0 Å². The molecule has 6 nitrogen and oxygen atoms in total. The summed E-state index contributed by atoms with van der Waals surface area (Å²) in [7, 11) is 3.60. The summed E-state index contributed by atoms with van der Waals surface area (Å²) in [6.07, 6.45) is 0. The van der Waals surface area contributed by atoms with Crippen molar-refractivity contribution in [2.24, 2.45) is 14.1 Å². The van der Waals surface area contributed by atoms with E-state index >= 15 is 0 Å². The molecular formula is C48H33N5O. The van der Waals surface area contributed by atoms with Crippen LogP contribution < -0.4 is 5.69 Å². The highest BCUT2D eigenvalue weighted by atomic mass is 16.1. The van der Waals surface area contributed by atoms with Crippen molar-refractivity contribution in [1.82, 2.24) is 24.1 Å². The van der Waals surface area contributed by atoms with Crippen LogP contribution in [0.15, 0.2) is 169 Å². The summed E-state index contributed by atoms with van der Waals surface area (Å²) in [5, 5.41) is 7.55. The zero-order valence-corrected chi connectivity index (χ0v) is 29.7. The minimum Gasteiger partial charge on any atom is -0.295 e. The monoisotopic (exact) mass is 695 g/mol. The molecule has 0 unspecified atom stereocenters. The number of fused-ring (bicyclic) bond motifs is 6. The Kier molecular flexibility index (Phi) is 7.30. The van der Waals surface area contributed by atoms with Gasteiger partial charge in [-0.05, 0) is 72.8 Å². The first-order valence-electron chi connectivity index (χ1n) is 18.0. The number of nitrogens with zero attached hydrogens (tertiary/aromatic N) is 5. The Morgan fingerprint density at radius 2 is 0.796 bits per heavy atom. The lowest BCUT2D eigenvalue weighted by Crippen LogP contribution is -2.19. The van der Waals surface area contributed by atoms with Gasteiger partial charge in [-0.15, -0.1) is 0 Å². The third-order valence-corrected chi connectivity index (χ3v) is 10.6. The first kappa shape index (κ1) is 31.5. The molecule has 0 atom stereocenters. The molecule has 0 saturated heterocycles. The van der Waals surface area contributed by atoms with Crippen LogP contribution in [-0.4, -0.2) is 24.1 Å². The summed E-state index contributed by atoms with van der Waals surface area (Å²) >= 11 is 0. The van der Waals surface area contributed by atoms with E-state index in [1.807, 2.05) is 48.5 Å². The number of hydrogen-bond donors (Lipinski definition) is 0. The fraction of sp³-hybridized carbons (Fsp3) is 0.0417. The number of hydrogen-bond acceptors (Lipinski definition) is 4. The third-order valence-electron chi connectivity index (χ3n) is 10.6. The van der Waals surface area contributed by atoms with Gasteiger partial charge in [0.2, 0.25) is 0 Å². The molecule has 0 amide bonds. The Balaban J connectivity index is 0.995. The van der Waals surface area contributed by atoms with E-state index < -0.39 is 0 Å². The molecule has 0 fully saturated rings. The van der Waals surface area contributed by atoms with Gasteiger partial charge in [-0.25, -0.2) is 19.7 Å². The van der Waals surface area contributed by atoms with Crippen molar-refractivity contribution in [2.45, 2.75) is 0 Å². The Hall–Kier alpha value is -7.18. The van der Waals surface area contributed by atoms with Crippen molar-refractivity contribution >= 4 is 43.4 Å². The maximum absolute atomic E-state index is 12.5. The van der Waals surface area contributed by atoms with E-state index in [1.54, 1.807) is 23.2 Å². The normalized spacial score (nSPS) is 11.6. The smallest absolute Gasteiger partial charge is 0.295 e. The van der Waals surface area contributed by atoms with Crippen molar-refractivity contribution in [3.63, 3.8) is 0 Å². The van der Waals surface area contributed by atoms with Gasteiger partial charge >= 0.3 is 5.69 Å². The van der Waals surface area contributed by atoms with Crippen LogP contribution >= 0.6 is 0 Å². The number of aromatic nitrogens is 5. The van der Waals surface area contributed by atoms with Crippen LogP contribution in [0.3, 0.4) is 0 Å². The van der Waals surface area contributed by atoms with Gasteiger partial charge in [0.15, 0.2) is 17.5 Å². The van der Waals surface area contributed by atoms with Crippen molar-refractivity contribution in [1.29, 1.82) is 0 Å². The quantitative estimate of drug-likeness (QED) is 0.168. The maximum Gasteiger partial charge on any atom is 0.328 e. The highest BCUT2D eigenvalue weighted by Crippen LogP contribution is 2.34. The number of imidazole rings is 1. The lowest BCUT2D eigenvalue weighted by Gasteiger charge is -2.11. The highest BCUT2D eigenvalue weighted by molar-refractivity contribution is 6.17. The molecule has 0 aliphatic heterocycles. The van der Waals surface area contributed by atoms with Crippen molar-refractivity contribution < 1.29 is 0 Å². The predicted molar refractivity (Wildman–Crippen MR) is 221 cm³/mol. The molecule has 10 rings (SSSR count). The average Bonchev–Trinajstić information content (AvgIpc) is 3.46. The maximum atomic E-state index is 12.5. The molecule has 54 heavy (non-hydrogen) atoms. The Labute approximate surface area is 311 Å². The predicted octanol–water partition coefficient (Wildman–Crippen LogP) is 10.9. The SMILES string of the molecule is Cn1c(=O)n(C)c2cc(-c3ccc(-c4nc(-c5ccccc5)nc(-c5ccc(-c6ccc7c(ccc8c9ccccc9ccc78)c6)cc5)n4)cc3)ccc21. The van der Waals surface area contributed by atoms with Gasteiger partial charge in [-0.1, -0.05) is 146 Å². The second kappa shape index (κ2) is 12.5. The number of aryl methyl sites for hydroxylation is 2. The van der Waals surface area contributed by atoms with Gasteiger partial charge in [-0.2, -0.15) is 0 Å². The second-order valence-corrected chi connectivity index (χ2v) is 13.8. The molecule has 256 valence electrons. The molecule has 0 aliphatic carbocycles. The molecule has 8 aromatic carbocycles. The number of rotatable bonds is 5. The fourth-order valence-electron chi connectivity index (χ4n) is 7.67. The Morgan fingerprint density at radius 3 is 1.44 bits per heavy atom. The number of benzene rings is 8. The van der Waals surface area contributed by atoms with E-state index in [0.29, 0.717) is 17.5 Å². The van der Waals surface area contributed by atoms with Crippen LogP contribution in [-0.2, 0) is 14.1 Å². The van der Waals surface area contributed by atoms with Gasteiger partial charge in [0.25, 0.3) is 0 Å². The lowest BCUT2D eigenvalue weighted by atomic mass is 9.94. The lowest BCUT2D eigenvalue weighted by molar-refractivity contribution is 0.795. The van der Waals surface area contributed by atoms with Crippen LogP contribution in [0.2, 0.25) is 0 Å². The summed E-state index contributed by atoms with van der Waals surface area (Å²) in [6.45, 7) is 0. The molecule has 2 heterocycles. The van der Waals surface area contributed by atoms with Crippen LogP contribution in [0.25, 0.3) is 99.8 Å². The summed E-state index contributed by atoms with van der Waals surface area (Å²) in [5.41, 5.74) is 8.85. The van der Waals surface area contributed by atoms with E-state index in [9.17, 15) is 4.79 Å². The Bertz CT molecular complexity index is 3120. The molecular weight excluding hydrogens is 663 g/mol. The summed E-state index contributed by atoms with van der Waals surface area (Å²) in [5.74, 6) is 1.83. The molecule has 0 spiro atoms. The third kappa shape index (κ3) is 5.27. The van der Waals surface area contributed by atoms with Crippen molar-refractivity contribution in [2.75, 3.05) is 0 Å². The fourth-order valence-corrected chi connectivity index (χ4v) is 7.67. The van der Waals surface area contributed by atoms with E-state index in [1.165, 1.54) is 32.3 Å². The molecule has 6 heteroatoms. The van der Waals surface area contributed by atoms with Crippen molar-refractivity contribution in [3.8, 4) is 56.4 Å². The average molecular weight is 696 g/mol. The minimum absolute atomic E-state index is 0.0384. The summed E-state index contributed by atoms with van der Waals surface area (Å²) < 4.78 is 3.35. The molecule has 2 aromatic heterocycles. The van der Waals surface area contributed by atoms with Crippen LogP contribution in [0.1, 0.15) is 0 Å². The van der Waals surface area contributed by atoms with Gasteiger partial charge in [0.05, 0.1) is 11.0 Å². The van der Waals surface area contributed by atoms with E-state index in [0.717, 1.165) is 50.0 Å². The summed E-state index contributed by atoms with van der Waals surface area (Å²) in [6, 6.07) is 57.1. The molecule has 0 N–H and O–H groups in total. The molecule has 0 radical (unpaired) electrons. The van der Waals surface area contributed by atoms with Crippen LogP contribution in [0, 0.1) is 0 Å². The Morgan fingerprint density at radius 1 is 0.352 bits per heavy atom. The van der Waals surface area contributed by atoms with Gasteiger partial charge in [-0.3, -0.25) is 9.13 Å². The topological polar surface area (TPSA) is 65.6 Å². The molecule has 10 aromatic rings. The molecule has 0 bridgehead atoms. The standard InChI is InChI=1S/C48H33N5O/c1-52-43-27-23-37(29-44(43)53(2)48(52)54)31-14-18-35(19-15-31)47-50-45(33-9-4-3-5-10-33)49-46(51-47)34-16-12-30(13-17-34)36-21-24-40-38(28-36)22-26-41-39-11-7-6-8-32(39)20-25-42(40)41/h3-29H,1-2H3. The highest BCUT2D eigenvalue weighted by Gasteiger charge is 2.14. The van der Waals surface area contributed by atoms with E-state index in [4.69, 9.17) is 15.0 Å². The van der Waals surface area contributed by atoms with E-state index in [2.05, 4.69) is 115 Å². The second-order valence-electron chi connectivity index (χ2n) is 13.8. The largest absolute Gasteiger partial charge is 0.328 e. The van der Waals surface area contributed by atoms with Gasteiger partial charge < -0.3 is 0 Å². The zero-order chi connectivity index (χ0) is 36.3. The van der Waals surface area contributed by atoms with Crippen molar-refractivity contribution in [3.05, 3.63) is 174 Å². The first-order valence-corrected chi connectivity index (χ1v) is 18.0.